The van der Waals surface area contributed by atoms with Gasteiger partial charge in [-0.25, -0.2) is 0 Å². The van der Waals surface area contributed by atoms with Crippen LogP contribution in [0.25, 0.3) is 0 Å². The van der Waals surface area contributed by atoms with E-state index in [1.165, 1.54) is 0 Å². The molecule has 1 atom stereocenters. The number of ether oxygens (including phenoxy) is 1. The van der Waals surface area contributed by atoms with Crippen LogP contribution in [0.5, 0.6) is 5.75 Å². The van der Waals surface area contributed by atoms with Crippen molar-refractivity contribution in [3.8, 4) is 5.75 Å². The van der Waals surface area contributed by atoms with Crippen LogP contribution in [0.15, 0.2) is 22.7 Å². The molecular weight excluding hydrogens is 318 g/mol. The number of nitrogens with zero attached hydrogens (tertiary/aromatic N) is 1. The number of hydrogen-bond donors (Lipinski definition) is 0. The minimum atomic E-state index is -0.545. The van der Waals surface area contributed by atoms with Crippen LogP contribution in [-0.4, -0.2) is 30.0 Å². The van der Waals surface area contributed by atoms with Crippen molar-refractivity contribution in [2.75, 3.05) is 13.1 Å². The monoisotopic (exact) mass is 333 g/mol. The number of benzene rings is 1. The maximum atomic E-state index is 12.1. The molecular formula is C13H17BrClNO2. The molecule has 0 bridgehead atoms. The zero-order chi connectivity index (χ0) is 13.7. The molecule has 3 nitrogen and oxygen atoms in total. The Balaban J connectivity index is 2.77. The first-order chi connectivity index (χ1) is 8.49. The Morgan fingerprint density at radius 1 is 1.44 bits per heavy atom. The van der Waals surface area contributed by atoms with Crippen LogP contribution >= 0.6 is 27.5 Å². The summed E-state index contributed by atoms with van der Waals surface area (Å²) in [4.78, 5) is 13.8. The van der Waals surface area contributed by atoms with E-state index in [-0.39, 0.29) is 5.91 Å². The van der Waals surface area contributed by atoms with Gasteiger partial charge in [0.2, 0.25) is 0 Å². The van der Waals surface area contributed by atoms with Gasteiger partial charge in [-0.15, -0.1) is 0 Å². The molecule has 1 aromatic carbocycles. The third-order valence-corrected chi connectivity index (χ3v) is 3.43. The summed E-state index contributed by atoms with van der Waals surface area (Å²) >= 11 is 9.37. The Labute approximate surface area is 121 Å². The molecule has 0 N–H and O–H groups in total. The molecule has 0 spiro atoms. The summed E-state index contributed by atoms with van der Waals surface area (Å²) in [5.41, 5.74) is 0. The highest BCUT2D eigenvalue weighted by Gasteiger charge is 2.20. The Hall–Kier alpha value is -0.740. The molecule has 1 amide bonds. The van der Waals surface area contributed by atoms with Gasteiger partial charge < -0.3 is 9.64 Å². The fourth-order valence-corrected chi connectivity index (χ4v) is 2.10. The lowest BCUT2D eigenvalue weighted by Crippen LogP contribution is -2.40. The number of rotatable bonds is 5. The average Bonchev–Trinajstić information content (AvgIpc) is 2.35. The lowest BCUT2D eigenvalue weighted by molar-refractivity contribution is -0.137. The molecule has 0 aliphatic rings. The Morgan fingerprint density at radius 3 is 2.61 bits per heavy atom. The van der Waals surface area contributed by atoms with Crippen LogP contribution in [0.1, 0.15) is 20.8 Å². The van der Waals surface area contributed by atoms with Gasteiger partial charge in [-0.2, -0.15) is 0 Å². The smallest absolute Gasteiger partial charge is 0.263 e. The molecule has 100 valence electrons. The molecule has 0 saturated heterocycles. The van der Waals surface area contributed by atoms with Crippen LogP contribution < -0.4 is 4.74 Å². The predicted octanol–water partition coefficient (Wildman–Crippen LogP) is 3.74. The van der Waals surface area contributed by atoms with Gasteiger partial charge in [0.15, 0.2) is 6.10 Å². The van der Waals surface area contributed by atoms with Crippen LogP contribution in [-0.2, 0) is 4.79 Å². The summed E-state index contributed by atoms with van der Waals surface area (Å²) in [6.45, 7) is 6.97. The van der Waals surface area contributed by atoms with Crippen molar-refractivity contribution in [3.05, 3.63) is 27.7 Å². The van der Waals surface area contributed by atoms with Crippen molar-refractivity contribution >= 4 is 33.4 Å². The molecule has 1 unspecified atom stereocenters. The van der Waals surface area contributed by atoms with Crippen molar-refractivity contribution in [2.45, 2.75) is 26.9 Å². The molecule has 0 fully saturated rings. The normalized spacial score (nSPS) is 12.1. The summed E-state index contributed by atoms with van der Waals surface area (Å²) in [6, 6.07) is 5.32. The minimum Gasteiger partial charge on any atom is -0.479 e. The molecule has 0 heterocycles. The standard InChI is InChI=1S/C13H17BrClNO2/c1-4-16(5-2)13(17)9(3)18-12-8-10(14)6-7-11(12)15/h6-9H,4-5H2,1-3H3. The molecule has 5 heteroatoms. The molecule has 0 aromatic heterocycles. The molecule has 0 saturated carbocycles. The van der Waals surface area contributed by atoms with Gasteiger partial charge in [0, 0.05) is 17.6 Å². The van der Waals surface area contributed by atoms with Gasteiger partial charge in [0.05, 0.1) is 5.02 Å². The van der Waals surface area contributed by atoms with Crippen molar-refractivity contribution < 1.29 is 9.53 Å². The van der Waals surface area contributed by atoms with Crippen molar-refractivity contribution in [2.24, 2.45) is 0 Å². The topological polar surface area (TPSA) is 29.5 Å². The minimum absolute atomic E-state index is 0.0314. The first-order valence-electron chi connectivity index (χ1n) is 5.90. The first-order valence-corrected chi connectivity index (χ1v) is 7.07. The van der Waals surface area contributed by atoms with Crippen LogP contribution in [0.4, 0.5) is 0 Å². The fraction of sp³-hybridized carbons (Fsp3) is 0.462. The SMILES string of the molecule is CCN(CC)C(=O)C(C)Oc1cc(Br)ccc1Cl. The second kappa shape index (κ2) is 7.00. The second-order valence-corrected chi connectivity index (χ2v) is 5.17. The highest BCUT2D eigenvalue weighted by Crippen LogP contribution is 2.28. The van der Waals surface area contributed by atoms with Crippen molar-refractivity contribution in [3.63, 3.8) is 0 Å². The van der Waals surface area contributed by atoms with E-state index < -0.39 is 6.10 Å². The van der Waals surface area contributed by atoms with Gasteiger partial charge in [0.25, 0.3) is 5.91 Å². The van der Waals surface area contributed by atoms with E-state index in [0.29, 0.717) is 23.9 Å². The maximum Gasteiger partial charge on any atom is 0.263 e. The highest BCUT2D eigenvalue weighted by molar-refractivity contribution is 9.10. The fourth-order valence-electron chi connectivity index (χ4n) is 1.60. The lowest BCUT2D eigenvalue weighted by atomic mass is 10.3. The zero-order valence-electron chi connectivity index (χ0n) is 10.7. The molecule has 0 radical (unpaired) electrons. The lowest BCUT2D eigenvalue weighted by Gasteiger charge is -2.23. The quantitative estimate of drug-likeness (QED) is 0.821. The Morgan fingerprint density at radius 2 is 2.06 bits per heavy atom. The molecule has 0 aliphatic carbocycles. The Kier molecular flexibility index (Phi) is 5.96. The van der Waals surface area contributed by atoms with Crippen LogP contribution in [0, 0.1) is 0 Å². The largest absolute Gasteiger partial charge is 0.479 e. The number of carbonyl (C=O) groups is 1. The van der Waals surface area contributed by atoms with E-state index in [0.717, 1.165) is 4.47 Å². The maximum absolute atomic E-state index is 12.1. The van der Waals surface area contributed by atoms with Gasteiger partial charge in [-0.3, -0.25) is 4.79 Å². The van der Waals surface area contributed by atoms with E-state index in [2.05, 4.69) is 15.9 Å². The van der Waals surface area contributed by atoms with Crippen LogP contribution in [0.3, 0.4) is 0 Å². The second-order valence-electron chi connectivity index (χ2n) is 3.85. The van der Waals surface area contributed by atoms with Crippen LogP contribution in [0.2, 0.25) is 5.02 Å². The number of amides is 1. The number of likely N-dealkylation sites (N-methyl/N-ethyl adjacent to an activating group) is 1. The van der Waals surface area contributed by atoms with Crippen molar-refractivity contribution in [1.29, 1.82) is 0 Å². The summed E-state index contributed by atoms with van der Waals surface area (Å²) in [5.74, 6) is 0.482. The summed E-state index contributed by atoms with van der Waals surface area (Å²) in [7, 11) is 0. The third-order valence-electron chi connectivity index (χ3n) is 2.62. The summed E-state index contributed by atoms with van der Waals surface area (Å²) in [5, 5.41) is 0.498. The highest BCUT2D eigenvalue weighted by atomic mass is 79.9. The summed E-state index contributed by atoms with van der Waals surface area (Å²) in [6.07, 6.45) is -0.545. The van der Waals surface area contributed by atoms with Crippen molar-refractivity contribution in [1.82, 2.24) is 4.90 Å². The molecule has 0 aliphatic heterocycles. The zero-order valence-corrected chi connectivity index (χ0v) is 13.1. The third kappa shape index (κ3) is 3.89. The average molecular weight is 335 g/mol. The molecule has 18 heavy (non-hydrogen) atoms. The first kappa shape index (κ1) is 15.3. The van der Waals surface area contributed by atoms with E-state index >= 15 is 0 Å². The predicted molar refractivity (Wildman–Crippen MR) is 77.2 cm³/mol. The van der Waals surface area contributed by atoms with Gasteiger partial charge in [-0.05, 0) is 39.0 Å². The Bertz CT molecular complexity index is 421. The van der Waals surface area contributed by atoms with E-state index in [1.54, 1.807) is 24.0 Å². The molecule has 1 rings (SSSR count). The number of halogens is 2. The molecule has 1 aromatic rings. The van der Waals surface area contributed by atoms with Gasteiger partial charge in [-0.1, -0.05) is 27.5 Å². The van der Waals surface area contributed by atoms with Gasteiger partial charge >= 0.3 is 0 Å². The number of hydrogen-bond acceptors (Lipinski definition) is 2. The van der Waals surface area contributed by atoms with E-state index in [4.69, 9.17) is 16.3 Å². The van der Waals surface area contributed by atoms with E-state index in [9.17, 15) is 4.79 Å². The number of carbonyl (C=O) groups excluding carboxylic acids is 1. The van der Waals surface area contributed by atoms with E-state index in [1.807, 2.05) is 19.9 Å². The summed E-state index contributed by atoms with van der Waals surface area (Å²) < 4.78 is 6.48. The van der Waals surface area contributed by atoms with Gasteiger partial charge in [0.1, 0.15) is 5.75 Å².